The molecule has 2 amide bonds. The number of amides is 2. The Morgan fingerprint density at radius 3 is 2.67 bits per heavy atom. The van der Waals surface area contributed by atoms with Crippen LogP contribution in [0.2, 0.25) is 0 Å². The molecule has 24 heavy (non-hydrogen) atoms. The normalized spacial score (nSPS) is 25.2. The lowest BCUT2D eigenvalue weighted by Crippen LogP contribution is -2.39. The molecule has 4 rings (SSSR count). The van der Waals surface area contributed by atoms with Crippen LogP contribution in [0.25, 0.3) is 0 Å². The van der Waals surface area contributed by atoms with Crippen LogP contribution in [0.1, 0.15) is 46.4 Å². The fourth-order valence-electron chi connectivity index (χ4n) is 3.56. The zero-order valence-corrected chi connectivity index (χ0v) is 14.0. The highest BCUT2D eigenvalue weighted by Gasteiger charge is 2.49. The monoisotopic (exact) mass is 349 g/mol. The molecule has 8 heteroatoms. The molecule has 1 aromatic carbocycles. The first-order chi connectivity index (χ1) is 11.4. The first-order valence-electron chi connectivity index (χ1n) is 8.19. The maximum Gasteiger partial charge on any atom is 0.269 e. The van der Waals surface area contributed by atoms with E-state index in [0.29, 0.717) is 31.5 Å². The molecule has 2 aliphatic heterocycles. The van der Waals surface area contributed by atoms with E-state index in [1.54, 1.807) is 4.90 Å². The zero-order valence-electron chi connectivity index (χ0n) is 13.1. The molecule has 2 N–H and O–H groups in total. The molecule has 2 fully saturated rings. The van der Waals surface area contributed by atoms with Gasteiger partial charge >= 0.3 is 0 Å². The van der Waals surface area contributed by atoms with Crippen molar-refractivity contribution in [2.45, 2.75) is 42.7 Å². The molecule has 128 valence electrons. The molecule has 0 spiro atoms. The molecule has 1 atom stereocenters. The maximum atomic E-state index is 12.7. The summed E-state index contributed by atoms with van der Waals surface area (Å²) >= 11 is 0. The molecule has 7 nitrogen and oxygen atoms in total. The van der Waals surface area contributed by atoms with Crippen LogP contribution < -0.4 is 5.73 Å². The molecular formula is C16H19N3O4S. The van der Waals surface area contributed by atoms with Crippen LogP contribution in [-0.2, 0) is 10.0 Å². The molecule has 1 aromatic rings. The third-order valence-electron chi connectivity index (χ3n) is 4.98. The van der Waals surface area contributed by atoms with E-state index < -0.39 is 15.9 Å². The first-order valence-corrected chi connectivity index (χ1v) is 9.63. The Morgan fingerprint density at radius 2 is 2.00 bits per heavy atom. The van der Waals surface area contributed by atoms with Crippen molar-refractivity contribution in [2.75, 3.05) is 13.1 Å². The van der Waals surface area contributed by atoms with Crippen molar-refractivity contribution in [1.82, 2.24) is 9.21 Å². The van der Waals surface area contributed by atoms with Gasteiger partial charge in [-0.25, -0.2) is 12.7 Å². The lowest BCUT2D eigenvalue weighted by molar-refractivity contribution is 0.0740. The molecule has 1 saturated heterocycles. The standard InChI is InChI=1S/C16H19N3O4S/c17-9-12-2-1-7-18(12)15(20)10-3-6-13-14(8-10)24(22,23)19(16(13)21)11-4-5-11/h3,6,8,11-12H,1-2,4-5,7,9,17H2/t12-/m0/s1. The molecule has 1 aliphatic carbocycles. The van der Waals surface area contributed by atoms with Crippen LogP contribution in [0.5, 0.6) is 0 Å². The molecule has 3 aliphatic rings. The number of nitrogens with two attached hydrogens (primary N) is 1. The summed E-state index contributed by atoms with van der Waals surface area (Å²) in [6.45, 7) is 1.01. The largest absolute Gasteiger partial charge is 0.334 e. The Morgan fingerprint density at radius 1 is 1.25 bits per heavy atom. The summed E-state index contributed by atoms with van der Waals surface area (Å²) in [5.74, 6) is -0.703. The van der Waals surface area contributed by atoms with Crippen molar-refractivity contribution in [3.8, 4) is 0 Å². The third kappa shape index (κ3) is 2.16. The topological polar surface area (TPSA) is 101 Å². The van der Waals surface area contributed by atoms with Crippen LogP contribution in [0.4, 0.5) is 0 Å². The van der Waals surface area contributed by atoms with Crippen molar-refractivity contribution in [2.24, 2.45) is 5.73 Å². The second-order valence-electron chi connectivity index (χ2n) is 6.58. The molecule has 0 aromatic heterocycles. The van der Waals surface area contributed by atoms with E-state index in [0.717, 1.165) is 17.1 Å². The van der Waals surface area contributed by atoms with Gasteiger partial charge in [-0.15, -0.1) is 0 Å². The van der Waals surface area contributed by atoms with E-state index in [4.69, 9.17) is 5.73 Å². The van der Waals surface area contributed by atoms with E-state index >= 15 is 0 Å². The number of sulfonamides is 1. The van der Waals surface area contributed by atoms with Gasteiger partial charge in [-0.3, -0.25) is 9.59 Å². The van der Waals surface area contributed by atoms with Crippen LogP contribution in [0.15, 0.2) is 23.1 Å². The average Bonchev–Trinajstić information content (AvgIpc) is 3.22. The predicted octanol–water partition coefficient (Wildman–Crippen LogP) is 0.557. The summed E-state index contributed by atoms with van der Waals surface area (Å²) in [6, 6.07) is 4.11. The quantitative estimate of drug-likeness (QED) is 0.859. The van der Waals surface area contributed by atoms with E-state index in [2.05, 4.69) is 0 Å². The van der Waals surface area contributed by atoms with Crippen LogP contribution in [0.3, 0.4) is 0 Å². The first kappa shape index (κ1) is 15.6. The van der Waals surface area contributed by atoms with Crippen molar-refractivity contribution >= 4 is 21.8 Å². The Labute approximate surface area is 140 Å². The van der Waals surface area contributed by atoms with Gasteiger partial charge in [0.1, 0.15) is 4.90 Å². The highest BCUT2D eigenvalue weighted by Crippen LogP contribution is 2.39. The summed E-state index contributed by atoms with van der Waals surface area (Å²) in [7, 11) is -3.84. The Kier molecular flexibility index (Phi) is 3.43. The van der Waals surface area contributed by atoms with Crippen molar-refractivity contribution in [1.29, 1.82) is 0 Å². The van der Waals surface area contributed by atoms with Crippen LogP contribution >= 0.6 is 0 Å². The molecule has 0 radical (unpaired) electrons. The summed E-state index contributed by atoms with van der Waals surface area (Å²) in [6.07, 6.45) is 3.16. The van der Waals surface area contributed by atoms with Gasteiger partial charge in [0.05, 0.1) is 5.56 Å². The number of carbonyl (C=O) groups is 2. The molecule has 2 heterocycles. The van der Waals surface area contributed by atoms with Gasteiger partial charge in [-0.2, -0.15) is 0 Å². The van der Waals surface area contributed by atoms with E-state index in [-0.39, 0.29) is 28.4 Å². The van der Waals surface area contributed by atoms with Gasteiger partial charge in [0.15, 0.2) is 0 Å². The number of benzene rings is 1. The predicted molar refractivity (Wildman–Crippen MR) is 85.9 cm³/mol. The number of likely N-dealkylation sites (tertiary alicyclic amines) is 1. The second kappa shape index (κ2) is 5.29. The van der Waals surface area contributed by atoms with E-state index in [1.807, 2.05) is 0 Å². The maximum absolute atomic E-state index is 12.7. The number of carbonyl (C=O) groups excluding carboxylic acids is 2. The molecular weight excluding hydrogens is 330 g/mol. The Bertz CT molecular complexity index is 832. The molecule has 1 saturated carbocycles. The smallest absolute Gasteiger partial charge is 0.269 e. The minimum atomic E-state index is -3.84. The fourth-order valence-corrected chi connectivity index (χ4v) is 5.41. The SMILES string of the molecule is NC[C@@H]1CCCN1C(=O)c1ccc2c(c1)S(=O)(=O)N(C1CC1)C2=O. The number of hydrogen-bond acceptors (Lipinski definition) is 5. The van der Waals surface area contributed by atoms with Gasteiger partial charge in [0.25, 0.3) is 21.8 Å². The van der Waals surface area contributed by atoms with Gasteiger partial charge in [0.2, 0.25) is 0 Å². The van der Waals surface area contributed by atoms with Crippen molar-refractivity contribution in [3.05, 3.63) is 29.3 Å². The van der Waals surface area contributed by atoms with Gasteiger partial charge < -0.3 is 10.6 Å². The summed E-state index contributed by atoms with van der Waals surface area (Å²) in [4.78, 5) is 26.7. The number of rotatable bonds is 3. The summed E-state index contributed by atoms with van der Waals surface area (Å²) < 4.78 is 26.3. The highest BCUT2D eigenvalue weighted by atomic mass is 32.2. The number of hydrogen-bond donors (Lipinski definition) is 1. The number of fused-ring (bicyclic) bond motifs is 1. The number of nitrogens with zero attached hydrogens (tertiary/aromatic N) is 2. The lowest BCUT2D eigenvalue weighted by Gasteiger charge is -2.23. The average molecular weight is 349 g/mol. The van der Waals surface area contributed by atoms with Gasteiger partial charge in [-0.1, -0.05) is 0 Å². The van der Waals surface area contributed by atoms with E-state index in [1.165, 1.54) is 18.2 Å². The lowest BCUT2D eigenvalue weighted by atomic mass is 10.1. The molecule has 0 bridgehead atoms. The van der Waals surface area contributed by atoms with Crippen LogP contribution in [-0.4, -0.2) is 54.6 Å². The van der Waals surface area contributed by atoms with Crippen molar-refractivity contribution in [3.63, 3.8) is 0 Å². The highest BCUT2D eigenvalue weighted by molar-refractivity contribution is 7.90. The summed E-state index contributed by atoms with van der Waals surface area (Å²) in [5, 5.41) is 0. The van der Waals surface area contributed by atoms with Crippen LogP contribution in [0, 0.1) is 0 Å². The third-order valence-corrected chi connectivity index (χ3v) is 6.86. The zero-order chi connectivity index (χ0) is 17.1. The fraction of sp³-hybridized carbons (Fsp3) is 0.500. The molecule has 0 unspecified atom stereocenters. The van der Waals surface area contributed by atoms with Gasteiger partial charge in [-0.05, 0) is 43.9 Å². The Balaban J connectivity index is 1.71. The Hall–Kier alpha value is -1.93. The van der Waals surface area contributed by atoms with E-state index in [9.17, 15) is 18.0 Å². The minimum absolute atomic E-state index is 0.00745. The minimum Gasteiger partial charge on any atom is -0.334 e. The summed E-state index contributed by atoms with van der Waals surface area (Å²) in [5.41, 5.74) is 6.17. The second-order valence-corrected chi connectivity index (χ2v) is 8.36. The van der Waals surface area contributed by atoms with Crippen molar-refractivity contribution < 1.29 is 18.0 Å². The van der Waals surface area contributed by atoms with Gasteiger partial charge in [0, 0.05) is 30.7 Å².